The summed E-state index contributed by atoms with van der Waals surface area (Å²) in [5, 5.41) is 0.722. The lowest BCUT2D eigenvalue weighted by atomic mass is 10.1. The highest BCUT2D eigenvalue weighted by Gasteiger charge is 2.10. The predicted molar refractivity (Wildman–Crippen MR) is 79.8 cm³/mol. The van der Waals surface area contributed by atoms with Gasteiger partial charge in [-0.15, -0.1) is 11.3 Å². The summed E-state index contributed by atoms with van der Waals surface area (Å²) in [6.45, 7) is 3.13. The van der Waals surface area contributed by atoms with Gasteiger partial charge in [0.25, 0.3) is 0 Å². The summed E-state index contributed by atoms with van der Waals surface area (Å²) < 4.78 is 5.86. The number of aromatic nitrogens is 1. The van der Waals surface area contributed by atoms with Crippen LogP contribution in [0.2, 0.25) is 5.02 Å². The van der Waals surface area contributed by atoms with Crippen LogP contribution in [0.3, 0.4) is 0 Å². The summed E-state index contributed by atoms with van der Waals surface area (Å²) >= 11 is 7.54. The minimum absolute atomic E-state index is 0.0782. The fourth-order valence-corrected chi connectivity index (χ4v) is 2.73. The molecule has 1 aromatic carbocycles. The molecule has 2 N–H and O–H groups in total. The summed E-state index contributed by atoms with van der Waals surface area (Å²) in [6.07, 6.45) is 0.797. The van der Waals surface area contributed by atoms with Gasteiger partial charge in [-0.1, -0.05) is 23.7 Å². The third kappa shape index (κ3) is 4.01. The summed E-state index contributed by atoms with van der Waals surface area (Å²) in [7, 11) is 0. The van der Waals surface area contributed by atoms with Gasteiger partial charge in [-0.05, 0) is 24.6 Å². The van der Waals surface area contributed by atoms with E-state index in [-0.39, 0.29) is 6.10 Å². The Morgan fingerprint density at radius 3 is 2.68 bits per heavy atom. The zero-order valence-electron chi connectivity index (χ0n) is 10.8. The van der Waals surface area contributed by atoms with E-state index < -0.39 is 0 Å². The number of ether oxygens (including phenoxy) is 1. The van der Waals surface area contributed by atoms with Gasteiger partial charge in [0.1, 0.15) is 0 Å². The molecule has 0 saturated carbocycles. The molecule has 1 heterocycles. The van der Waals surface area contributed by atoms with E-state index in [1.54, 1.807) is 11.3 Å². The van der Waals surface area contributed by atoms with Gasteiger partial charge >= 0.3 is 0 Å². The van der Waals surface area contributed by atoms with E-state index in [1.165, 1.54) is 4.88 Å². The third-order valence-corrected chi connectivity index (χ3v) is 4.20. The Balaban J connectivity index is 1.89. The maximum Gasteiger partial charge on any atom is 0.0947 e. The molecule has 2 aromatic rings. The molecule has 0 spiro atoms. The largest absolute Gasteiger partial charge is 0.372 e. The van der Waals surface area contributed by atoms with Crippen molar-refractivity contribution < 1.29 is 4.74 Å². The minimum Gasteiger partial charge on any atom is -0.372 e. The van der Waals surface area contributed by atoms with E-state index in [9.17, 15) is 0 Å². The molecule has 0 aliphatic heterocycles. The molecule has 0 saturated heterocycles. The fourth-order valence-electron chi connectivity index (χ4n) is 1.84. The Kier molecular flexibility index (Phi) is 5.34. The second-order valence-corrected chi connectivity index (χ2v) is 5.63. The smallest absolute Gasteiger partial charge is 0.0947 e. The van der Waals surface area contributed by atoms with Crippen LogP contribution < -0.4 is 5.73 Å². The van der Waals surface area contributed by atoms with Crippen molar-refractivity contribution in [3.05, 3.63) is 50.9 Å². The number of halogens is 1. The van der Waals surface area contributed by atoms with Crippen LogP contribution in [0.1, 0.15) is 22.2 Å². The van der Waals surface area contributed by atoms with Gasteiger partial charge in [0.2, 0.25) is 0 Å². The average Bonchev–Trinajstić information content (AvgIpc) is 2.82. The van der Waals surface area contributed by atoms with Crippen molar-refractivity contribution in [2.45, 2.75) is 19.4 Å². The molecule has 0 fully saturated rings. The van der Waals surface area contributed by atoms with Gasteiger partial charge in [-0.25, -0.2) is 4.98 Å². The normalized spacial score (nSPS) is 12.6. The molecule has 19 heavy (non-hydrogen) atoms. The maximum atomic E-state index is 5.87. The first-order chi connectivity index (χ1) is 9.20. The van der Waals surface area contributed by atoms with Crippen LogP contribution in [-0.4, -0.2) is 18.1 Å². The number of hydrogen-bond acceptors (Lipinski definition) is 4. The first-order valence-electron chi connectivity index (χ1n) is 6.17. The van der Waals surface area contributed by atoms with Crippen molar-refractivity contribution in [2.24, 2.45) is 5.73 Å². The number of nitrogens with two attached hydrogens (primary N) is 1. The second kappa shape index (κ2) is 7.01. The van der Waals surface area contributed by atoms with E-state index >= 15 is 0 Å². The lowest BCUT2D eigenvalue weighted by molar-refractivity contribution is 0.0611. The lowest BCUT2D eigenvalue weighted by Crippen LogP contribution is -2.17. The third-order valence-electron chi connectivity index (χ3n) is 2.95. The fraction of sp³-hybridized carbons (Fsp3) is 0.357. The summed E-state index contributed by atoms with van der Waals surface area (Å²) in [5.74, 6) is 0. The Morgan fingerprint density at radius 2 is 2.11 bits per heavy atom. The zero-order valence-corrected chi connectivity index (χ0v) is 12.4. The van der Waals surface area contributed by atoms with Crippen LogP contribution in [0.5, 0.6) is 0 Å². The van der Waals surface area contributed by atoms with E-state index in [1.807, 2.05) is 36.7 Å². The highest BCUT2D eigenvalue weighted by atomic mass is 35.5. The molecule has 1 atom stereocenters. The Hall–Kier alpha value is -0.940. The van der Waals surface area contributed by atoms with E-state index in [2.05, 4.69) is 4.98 Å². The van der Waals surface area contributed by atoms with Crippen molar-refractivity contribution in [1.29, 1.82) is 0 Å². The van der Waals surface area contributed by atoms with Crippen molar-refractivity contribution in [3.63, 3.8) is 0 Å². The molecule has 3 nitrogen and oxygen atoms in total. The van der Waals surface area contributed by atoms with E-state index in [0.717, 1.165) is 22.7 Å². The summed E-state index contributed by atoms with van der Waals surface area (Å²) in [4.78, 5) is 5.50. The number of nitrogens with zero attached hydrogens (tertiary/aromatic N) is 1. The van der Waals surface area contributed by atoms with Crippen LogP contribution in [0.4, 0.5) is 0 Å². The number of hydrogen-bond donors (Lipinski definition) is 1. The Bertz CT molecular complexity index is 512. The number of thiazole rings is 1. The molecule has 0 bridgehead atoms. The van der Waals surface area contributed by atoms with Crippen LogP contribution in [0.25, 0.3) is 0 Å². The molecule has 2 rings (SSSR count). The number of benzene rings is 1. The van der Waals surface area contributed by atoms with Gasteiger partial charge in [0.05, 0.1) is 23.9 Å². The monoisotopic (exact) mass is 296 g/mol. The lowest BCUT2D eigenvalue weighted by Gasteiger charge is -2.16. The van der Waals surface area contributed by atoms with Crippen LogP contribution in [-0.2, 0) is 11.2 Å². The highest BCUT2D eigenvalue weighted by Crippen LogP contribution is 2.20. The number of aryl methyl sites for hydroxylation is 1. The standard InChI is InChI=1S/C14H17ClN2OS/c1-10-14(19-9-17-10)6-7-18-13(8-16)11-2-4-12(15)5-3-11/h2-5,9,13H,6-8,16H2,1H3. The van der Waals surface area contributed by atoms with Gasteiger partial charge in [-0.2, -0.15) is 0 Å². The van der Waals surface area contributed by atoms with Crippen LogP contribution in [0, 0.1) is 6.92 Å². The maximum absolute atomic E-state index is 5.87. The van der Waals surface area contributed by atoms with Crippen LogP contribution in [0.15, 0.2) is 29.8 Å². The molecule has 0 aliphatic rings. The first-order valence-corrected chi connectivity index (χ1v) is 7.42. The molecule has 1 unspecified atom stereocenters. The predicted octanol–water partition coefficient (Wildman–Crippen LogP) is 3.36. The van der Waals surface area contributed by atoms with Crippen LogP contribution >= 0.6 is 22.9 Å². The molecule has 0 amide bonds. The zero-order chi connectivity index (χ0) is 13.7. The molecule has 5 heteroatoms. The van der Waals surface area contributed by atoms with Crippen molar-refractivity contribution in [3.8, 4) is 0 Å². The highest BCUT2D eigenvalue weighted by molar-refractivity contribution is 7.09. The summed E-state index contributed by atoms with van der Waals surface area (Å²) in [5.41, 5.74) is 9.78. The minimum atomic E-state index is -0.0782. The molecular weight excluding hydrogens is 280 g/mol. The van der Waals surface area contributed by atoms with Gasteiger partial charge in [-0.3, -0.25) is 0 Å². The van der Waals surface area contributed by atoms with E-state index in [4.69, 9.17) is 22.1 Å². The SMILES string of the molecule is Cc1ncsc1CCOC(CN)c1ccc(Cl)cc1. The van der Waals surface area contributed by atoms with Gasteiger partial charge in [0, 0.05) is 22.9 Å². The average molecular weight is 297 g/mol. The molecule has 0 radical (unpaired) electrons. The molecular formula is C14H17ClN2OS. The Morgan fingerprint density at radius 1 is 1.37 bits per heavy atom. The van der Waals surface area contributed by atoms with Crippen molar-refractivity contribution >= 4 is 22.9 Å². The van der Waals surface area contributed by atoms with Crippen molar-refractivity contribution in [2.75, 3.05) is 13.2 Å². The Labute approximate surface area is 122 Å². The summed E-state index contributed by atoms with van der Waals surface area (Å²) in [6, 6.07) is 7.63. The van der Waals surface area contributed by atoms with Gasteiger partial charge in [0.15, 0.2) is 0 Å². The molecule has 0 aliphatic carbocycles. The quantitative estimate of drug-likeness (QED) is 0.889. The number of rotatable bonds is 6. The first kappa shape index (κ1) is 14.5. The van der Waals surface area contributed by atoms with E-state index in [0.29, 0.717) is 13.2 Å². The van der Waals surface area contributed by atoms with Crippen molar-refractivity contribution in [1.82, 2.24) is 4.98 Å². The topological polar surface area (TPSA) is 48.1 Å². The second-order valence-electron chi connectivity index (χ2n) is 4.26. The molecule has 102 valence electrons. The van der Waals surface area contributed by atoms with Gasteiger partial charge < -0.3 is 10.5 Å². The molecule has 1 aromatic heterocycles.